The molecule has 1 aliphatic carbocycles. The molecule has 6 nitrogen and oxygen atoms in total. The molecule has 2 aliphatic heterocycles. The van der Waals surface area contributed by atoms with Crippen LogP contribution < -0.4 is 0 Å². The van der Waals surface area contributed by atoms with Crippen molar-refractivity contribution in [3.05, 3.63) is 36.0 Å². The maximum absolute atomic E-state index is 12.1. The Morgan fingerprint density at radius 2 is 2.10 bits per heavy atom. The highest BCUT2D eigenvalue weighted by Crippen LogP contribution is 2.28. The van der Waals surface area contributed by atoms with Crippen LogP contribution >= 0.6 is 0 Å². The Balaban J connectivity index is 2.02. The summed E-state index contributed by atoms with van der Waals surface area (Å²) in [7, 11) is 0. The summed E-state index contributed by atoms with van der Waals surface area (Å²) < 4.78 is 4.83. The average Bonchev–Trinajstić information content (AvgIpc) is 2.47. The minimum atomic E-state index is -1.16. The van der Waals surface area contributed by atoms with Crippen LogP contribution in [0.3, 0.4) is 0 Å². The van der Waals surface area contributed by atoms with Gasteiger partial charge < -0.3 is 4.74 Å². The Morgan fingerprint density at radius 1 is 1.29 bits per heavy atom. The fraction of sp³-hybridized carbons (Fsp3) is 0.267. The highest BCUT2D eigenvalue weighted by Gasteiger charge is 2.39. The Hall–Kier alpha value is -2.63. The number of fused-ring (bicyclic) bond motifs is 3. The van der Waals surface area contributed by atoms with Crippen LogP contribution in [0.5, 0.6) is 0 Å². The first kappa shape index (κ1) is 13.4. The number of allylic oxidation sites excluding steroid dienone is 4. The zero-order valence-electron chi connectivity index (χ0n) is 11.3. The van der Waals surface area contributed by atoms with Crippen molar-refractivity contribution >= 4 is 29.2 Å². The molecule has 2 heterocycles. The molecule has 0 fully saturated rings. The number of carbonyl (C=O) groups excluding carboxylic acids is 3. The summed E-state index contributed by atoms with van der Waals surface area (Å²) in [5.74, 6) is -3.26. The van der Waals surface area contributed by atoms with Gasteiger partial charge >= 0.3 is 5.97 Å². The van der Waals surface area contributed by atoms with Gasteiger partial charge in [0.05, 0.1) is 29.5 Å². The molecule has 2 amide bonds. The van der Waals surface area contributed by atoms with Crippen molar-refractivity contribution in [3.63, 3.8) is 0 Å². The molecule has 6 heteroatoms. The third-order valence-corrected chi connectivity index (χ3v) is 3.40. The molecule has 0 aromatic rings. The van der Waals surface area contributed by atoms with Crippen molar-refractivity contribution in [2.45, 2.75) is 6.92 Å². The summed E-state index contributed by atoms with van der Waals surface area (Å²) in [4.78, 5) is 43.7. The Bertz CT molecular complexity index is 694. The Kier molecular flexibility index (Phi) is 3.21. The number of hydrogen-bond acceptors (Lipinski definition) is 4. The van der Waals surface area contributed by atoms with Crippen LogP contribution in [-0.2, 0) is 19.1 Å². The number of ether oxygens (including phenoxy) is 1. The number of carbonyl (C=O) groups is 3. The van der Waals surface area contributed by atoms with Crippen LogP contribution in [0.4, 0.5) is 0 Å². The second kappa shape index (κ2) is 5.05. The van der Waals surface area contributed by atoms with E-state index < -0.39 is 23.7 Å². The van der Waals surface area contributed by atoms with Gasteiger partial charge in [-0.3, -0.25) is 14.4 Å². The van der Waals surface area contributed by atoms with E-state index in [0.29, 0.717) is 11.4 Å². The van der Waals surface area contributed by atoms with E-state index in [9.17, 15) is 14.4 Å². The van der Waals surface area contributed by atoms with E-state index in [2.05, 4.69) is 9.98 Å². The van der Waals surface area contributed by atoms with Crippen LogP contribution in [0, 0.1) is 11.8 Å². The van der Waals surface area contributed by atoms with Crippen LogP contribution in [0.2, 0.25) is 0 Å². The van der Waals surface area contributed by atoms with Gasteiger partial charge in [-0.15, -0.1) is 0 Å². The average molecular weight is 284 g/mol. The minimum Gasteiger partial charge on any atom is -0.465 e. The molecular formula is C15H12N2O4. The fourth-order valence-corrected chi connectivity index (χ4v) is 2.44. The van der Waals surface area contributed by atoms with E-state index in [4.69, 9.17) is 4.74 Å². The van der Waals surface area contributed by atoms with Crippen LogP contribution in [0.15, 0.2) is 45.9 Å². The van der Waals surface area contributed by atoms with Gasteiger partial charge in [-0.1, -0.05) is 18.2 Å². The molecule has 0 bridgehead atoms. The topological polar surface area (TPSA) is 85.2 Å². The van der Waals surface area contributed by atoms with Gasteiger partial charge in [0.15, 0.2) is 5.92 Å². The Morgan fingerprint density at radius 3 is 2.86 bits per heavy atom. The van der Waals surface area contributed by atoms with Gasteiger partial charge in [0.1, 0.15) is 0 Å². The normalized spacial score (nSPS) is 26.4. The lowest BCUT2D eigenvalue weighted by atomic mass is 9.83. The molecule has 2 atom stereocenters. The maximum atomic E-state index is 12.1. The SMILES string of the molecule is CCOC(=O)C1C=C2C(=O)N=C3C=CC=CC3C2=NC1=O. The van der Waals surface area contributed by atoms with Crippen molar-refractivity contribution in [2.75, 3.05) is 6.61 Å². The van der Waals surface area contributed by atoms with Crippen molar-refractivity contribution in [1.29, 1.82) is 0 Å². The van der Waals surface area contributed by atoms with E-state index in [1.54, 1.807) is 19.1 Å². The molecule has 0 spiro atoms. The molecule has 0 saturated carbocycles. The Labute approximate surface area is 120 Å². The lowest BCUT2D eigenvalue weighted by Gasteiger charge is -2.26. The molecule has 0 saturated heterocycles. The van der Waals surface area contributed by atoms with Crippen molar-refractivity contribution < 1.29 is 19.1 Å². The molecule has 106 valence electrons. The summed E-state index contributed by atoms with van der Waals surface area (Å²) in [5, 5.41) is 0. The van der Waals surface area contributed by atoms with Gasteiger partial charge in [-0.05, 0) is 19.1 Å². The molecule has 0 radical (unpaired) electrons. The number of rotatable bonds is 2. The summed E-state index contributed by atoms with van der Waals surface area (Å²) in [5.41, 5.74) is 1.12. The summed E-state index contributed by atoms with van der Waals surface area (Å²) >= 11 is 0. The fourth-order valence-electron chi connectivity index (χ4n) is 2.44. The molecule has 0 N–H and O–H groups in total. The first-order chi connectivity index (χ1) is 10.1. The van der Waals surface area contributed by atoms with E-state index in [-0.39, 0.29) is 18.1 Å². The lowest BCUT2D eigenvalue weighted by molar-refractivity contribution is -0.149. The molecule has 0 aromatic heterocycles. The largest absolute Gasteiger partial charge is 0.465 e. The van der Waals surface area contributed by atoms with E-state index in [1.165, 1.54) is 6.08 Å². The smallest absolute Gasteiger partial charge is 0.322 e. The highest BCUT2D eigenvalue weighted by atomic mass is 16.5. The number of esters is 1. The van der Waals surface area contributed by atoms with Crippen molar-refractivity contribution in [1.82, 2.24) is 0 Å². The predicted molar refractivity (Wildman–Crippen MR) is 74.9 cm³/mol. The first-order valence-corrected chi connectivity index (χ1v) is 6.61. The molecule has 21 heavy (non-hydrogen) atoms. The van der Waals surface area contributed by atoms with E-state index >= 15 is 0 Å². The summed E-state index contributed by atoms with van der Waals surface area (Å²) in [6.07, 6.45) is 8.42. The van der Waals surface area contributed by atoms with Gasteiger partial charge in [-0.2, -0.15) is 0 Å². The predicted octanol–water partition coefficient (Wildman–Crippen LogP) is 0.797. The molecule has 2 unspecified atom stereocenters. The standard InChI is InChI=1S/C15H12N2O4/c1-2-21-15(20)10-7-9-12(17-14(10)19)8-5-3-4-6-11(8)16-13(9)18/h3-8,10H,2H2,1H3. The lowest BCUT2D eigenvalue weighted by Crippen LogP contribution is -2.38. The molecule has 3 rings (SSSR count). The van der Waals surface area contributed by atoms with Gasteiger partial charge in [-0.25, -0.2) is 9.98 Å². The maximum Gasteiger partial charge on any atom is 0.322 e. The van der Waals surface area contributed by atoms with Gasteiger partial charge in [0.25, 0.3) is 11.8 Å². The third kappa shape index (κ3) is 2.18. The third-order valence-electron chi connectivity index (χ3n) is 3.40. The minimum absolute atomic E-state index is 0.161. The van der Waals surface area contributed by atoms with Crippen molar-refractivity contribution in [3.8, 4) is 0 Å². The number of aliphatic imine (C=N–C) groups is 2. The zero-order chi connectivity index (χ0) is 15.0. The summed E-state index contributed by atoms with van der Waals surface area (Å²) in [6.45, 7) is 1.81. The van der Waals surface area contributed by atoms with E-state index in [0.717, 1.165) is 0 Å². The van der Waals surface area contributed by atoms with E-state index in [1.807, 2.05) is 12.2 Å². The van der Waals surface area contributed by atoms with Crippen LogP contribution in [0.1, 0.15) is 6.92 Å². The van der Waals surface area contributed by atoms with Crippen LogP contribution in [0.25, 0.3) is 0 Å². The van der Waals surface area contributed by atoms with Crippen LogP contribution in [-0.4, -0.2) is 35.8 Å². The van der Waals surface area contributed by atoms with Crippen molar-refractivity contribution in [2.24, 2.45) is 21.8 Å². The number of hydrogen-bond donors (Lipinski definition) is 0. The van der Waals surface area contributed by atoms with Gasteiger partial charge in [0, 0.05) is 0 Å². The molecule has 3 aliphatic rings. The number of amides is 2. The highest BCUT2D eigenvalue weighted by molar-refractivity contribution is 6.38. The second-order valence-electron chi connectivity index (χ2n) is 4.71. The molecular weight excluding hydrogens is 272 g/mol. The second-order valence-corrected chi connectivity index (χ2v) is 4.71. The number of nitrogens with zero attached hydrogens (tertiary/aromatic N) is 2. The quantitative estimate of drug-likeness (QED) is 0.554. The monoisotopic (exact) mass is 284 g/mol. The first-order valence-electron chi connectivity index (χ1n) is 6.61. The molecule has 0 aromatic carbocycles. The zero-order valence-corrected chi connectivity index (χ0v) is 11.3. The number of dihydropyridines is 1. The van der Waals surface area contributed by atoms with Gasteiger partial charge in [0.2, 0.25) is 0 Å². The summed E-state index contributed by atoms with van der Waals surface area (Å²) in [6, 6.07) is 0.